The van der Waals surface area contributed by atoms with E-state index in [1.54, 1.807) is 24.1 Å². The van der Waals surface area contributed by atoms with Gasteiger partial charge in [0.15, 0.2) is 5.76 Å². The van der Waals surface area contributed by atoms with Crippen molar-refractivity contribution in [2.45, 2.75) is 32.4 Å². The molecule has 4 N–H and O–H groups in total. The summed E-state index contributed by atoms with van der Waals surface area (Å²) in [5.41, 5.74) is 2.38. The van der Waals surface area contributed by atoms with Crippen LogP contribution in [0.3, 0.4) is 0 Å². The number of oxazole rings is 1. The van der Waals surface area contributed by atoms with Gasteiger partial charge < -0.3 is 29.7 Å². The first-order valence-electron chi connectivity index (χ1n) is 11.9. The van der Waals surface area contributed by atoms with Gasteiger partial charge in [-0.3, -0.25) is 0 Å². The zero-order chi connectivity index (χ0) is 27.6. The molecular weight excluding hydrogens is 494 g/mol. The fourth-order valence-corrected chi connectivity index (χ4v) is 4.28. The summed E-state index contributed by atoms with van der Waals surface area (Å²) in [6.45, 7) is 4.04. The fraction of sp³-hybridized carbons (Fsp3) is 0.276. The smallest absolute Gasteiger partial charge is 0.206 e. The molecule has 1 aromatic heterocycles. The number of rotatable bonds is 6. The van der Waals surface area contributed by atoms with Crippen LogP contribution in [0.2, 0.25) is 0 Å². The highest BCUT2D eigenvalue weighted by molar-refractivity contribution is 5.84. The number of aromatic nitrogens is 1. The number of hydrogen-bond donors (Lipinski definition) is 4. The van der Waals surface area contributed by atoms with E-state index in [0.29, 0.717) is 16.8 Å². The highest BCUT2D eigenvalue weighted by atomic mass is 19.1. The largest absolute Gasteiger partial charge is 0.439 e. The number of aliphatic hydroxyl groups excluding tert-OH is 4. The molecule has 0 amide bonds. The Hall–Kier alpha value is -3.81. The third-order valence-corrected chi connectivity index (χ3v) is 6.36. The van der Waals surface area contributed by atoms with Gasteiger partial charge in [0, 0.05) is 29.1 Å². The summed E-state index contributed by atoms with van der Waals surface area (Å²) in [4.78, 5) is 6.14. The minimum absolute atomic E-state index is 0.0130. The number of benzene rings is 2. The predicted molar refractivity (Wildman–Crippen MR) is 139 cm³/mol. The Balaban J connectivity index is 1.88. The van der Waals surface area contributed by atoms with Crippen LogP contribution in [0, 0.1) is 37.3 Å². The maximum absolute atomic E-state index is 14.8. The molecule has 1 atom stereocenters. The number of halogens is 2. The molecule has 0 saturated heterocycles. The van der Waals surface area contributed by atoms with E-state index in [2.05, 4.69) is 16.8 Å². The topological polar surface area (TPSA) is 110 Å². The zero-order valence-electron chi connectivity index (χ0n) is 21.2. The van der Waals surface area contributed by atoms with Gasteiger partial charge in [0.1, 0.15) is 30.2 Å². The van der Waals surface area contributed by atoms with Gasteiger partial charge in [-0.05, 0) is 62.2 Å². The summed E-state index contributed by atoms with van der Waals surface area (Å²) in [5.74, 6) is 3.83. The standard InChI is InChI=1S/C29H28F2N2O5/c1-17-11-19(5-4-10-34)12-18(2)26(17)33-14-20(6-9-24(33)37)25-27(22-8-7-21(30)13-23(22)31)38-28(32-25)29(3,15-35)16-36/h6-9,11-14,24,34-37H,10,15-16H2,1-3H3. The SMILES string of the molecule is Cc1cc(C#CCO)cc(C)c1N1C=C(c2nc(C(C)(CO)CO)oc2-c2ccc(F)cc2F)C=CC1O. The van der Waals surface area contributed by atoms with Gasteiger partial charge in [0.25, 0.3) is 0 Å². The minimum Gasteiger partial charge on any atom is -0.439 e. The van der Waals surface area contributed by atoms with Crippen LogP contribution in [0.5, 0.6) is 0 Å². The van der Waals surface area contributed by atoms with Crippen molar-refractivity contribution in [1.82, 2.24) is 4.98 Å². The molecule has 0 radical (unpaired) electrons. The normalized spacial score (nSPS) is 15.3. The molecule has 2 heterocycles. The van der Waals surface area contributed by atoms with Crippen LogP contribution in [-0.4, -0.2) is 51.5 Å². The van der Waals surface area contributed by atoms with Crippen molar-refractivity contribution < 1.29 is 33.6 Å². The molecule has 0 spiro atoms. The molecule has 1 unspecified atom stereocenters. The summed E-state index contributed by atoms with van der Waals surface area (Å²) >= 11 is 0. The fourth-order valence-electron chi connectivity index (χ4n) is 4.28. The highest BCUT2D eigenvalue weighted by Crippen LogP contribution is 2.38. The van der Waals surface area contributed by atoms with Crippen LogP contribution in [0.15, 0.2) is 53.1 Å². The van der Waals surface area contributed by atoms with Crippen LogP contribution in [-0.2, 0) is 5.41 Å². The van der Waals surface area contributed by atoms with Gasteiger partial charge in [0.2, 0.25) is 5.89 Å². The monoisotopic (exact) mass is 522 g/mol. The molecule has 3 aromatic rings. The predicted octanol–water partition coefficient (Wildman–Crippen LogP) is 3.56. The van der Waals surface area contributed by atoms with E-state index in [4.69, 9.17) is 9.52 Å². The summed E-state index contributed by atoms with van der Waals surface area (Å²) in [5, 5.41) is 39.6. The lowest BCUT2D eigenvalue weighted by atomic mass is 9.93. The molecule has 1 aliphatic rings. The molecule has 0 bridgehead atoms. The van der Waals surface area contributed by atoms with Crippen LogP contribution in [0.1, 0.15) is 35.2 Å². The average Bonchev–Trinajstić information content (AvgIpc) is 3.33. The van der Waals surface area contributed by atoms with Gasteiger partial charge in [-0.15, -0.1) is 0 Å². The van der Waals surface area contributed by atoms with Gasteiger partial charge in [-0.2, -0.15) is 0 Å². The first-order chi connectivity index (χ1) is 18.1. The van der Waals surface area contributed by atoms with E-state index in [9.17, 15) is 24.1 Å². The summed E-state index contributed by atoms with van der Waals surface area (Å²) in [6, 6.07) is 6.73. The van der Waals surface area contributed by atoms with Crippen molar-refractivity contribution in [2.24, 2.45) is 0 Å². The van der Waals surface area contributed by atoms with E-state index in [0.717, 1.165) is 23.3 Å². The van der Waals surface area contributed by atoms with Crippen molar-refractivity contribution in [3.05, 3.63) is 88.6 Å². The average molecular weight is 523 g/mol. The van der Waals surface area contributed by atoms with Crippen molar-refractivity contribution >= 4 is 11.3 Å². The Kier molecular flexibility index (Phi) is 7.81. The van der Waals surface area contributed by atoms with E-state index < -0.39 is 36.5 Å². The van der Waals surface area contributed by atoms with Gasteiger partial charge in [0.05, 0.1) is 24.2 Å². The Morgan fingerprint density at radius 1 is 1.08 bits per heavy atom. The van der Waals surface area contributed by atoms with Gasteiger partial charge >= 0.3 is 0 Å². The van der Waals surface area contributed by atoms with E-state index >= 15 is 0 Å². The Labute approximate surface area is 219 Å². The number of nitrogens with zero attached hydrogens (tertiary/aromatic N) is 2. The minimum atomic E-state index is -1.26. The first kappa shape index (κ1) is 27.2. The number of aryl methyl sites for hydroxylation is 2. The molecule has 9 heteroatoms. The van der Waals surface area contributed by atoms with Crippen LogP contribution in [0.25, 0.3) is 16.9 Å². The third kappa shape index (κ3) is 5.12. The number of hydrogen-bond acceptors (Lipinski definition) is 7. The second kappa shape index (κ2) is 10.9. The molecule has 2 aromatic carbocycles. The summed E-state index contributed by atoms with van der Waals surface area (Å²) in [6.07, 6.45) is 3.75. The molecule has 198 valence electrons. The van der Waals surface area contributed by atoms with Gasteiger partial charge in [-0.1, -0.05) is 17.9 Å². The second-order valence-electron chi connectivity index (χ2n) is 9.38. The highest BCUT2D eigenvalue weighted by Gasteiger charge is 2.34. The second-order valence-corrected chi connectivity index (χ2v) is 9.38. The van der Waals surface area contributed by atoms with Crippen molar-refractivity contribution in [1.29, 1.82) is 0 Å². The van der Waals surface area contributed by atoms with Crippen LogP contribution in [0.4, 0.5) is 14.5 Å². The lowest BCUT2D eigenvalue weighted by Gasteiger charge is -2.31. The zero-order valence-corrected chi connectivity index (χ0v) is 21.2. The van der Waals surface area contributed by atoms with Crippen molar-refractivity contribution in [2.75, 3.05) is 24.7 Å². The molecule has 4 rings (SSSR count). The number of aliphatic hydroxyl groups is 4. The van der Waals surface area contributed by atoms with E-state index in [-0.39, 0.29) is 29.5 Å². The molecule has 1 aliphatic heterocycles. The molecule has 0 fully saturated rings. The number of anilines is 1. The lowest BCUT2D eigenvalue weighted by molar-refractivity contribution is 0.109. The maximum atomic E-state index is 14.8. The summed E-state index contributed by atoms with van der Waals surface area (Å²) in [7, 11) is 0. The first-order valence-corrected chi connectivity index (χ1v) is 11.9. The maximum Gasteiger partial charge on any atom is 0.206 e. The molecule has 38 heavy (non-hydrogen) atoms. The quantitative estimate of drug-likeness (QED) is 0.367. The lowest BCUT2D eigenvalue weighted by Crippen LogP contribution is -2.32. The Bertz CT molecular complexity index is 1450. The molecule has 0 saturated carbocycles. The molecular formula is C29H28F2N2O5. The third-order valence-electron chi connectivity index (χ3n) is 6.36. The number of allylic oxidation sites excluding steroid dienone is 2. The van der Waals surface area contributed by atoms with Crippen molar-refractivity contribution in [3.8, 4) is 23.2 Å². The van der Waals surface area contributed by atoms with Crippen molar-refractivity contribution in [3.63, 3.8) is 0 Å². The van der Waals surface area contributed by atoms with Gasteiger partial charge in [-0.25, -0.2) is 13.8 Å². The molecule has 7 nitrogen and oxygen atoms in total. The van der Waals surface area contributed by atoms with Crippen LogP contribution < -0.4 is 4.90 Å². The van der Waals surface area contributed by atoms with E-state index in [1.807, 2.05) is 26.0 Å². The Morgan fingerprint density at radius 2 is 1.76 bits per heavy atom. The van der Waals surface area contributed by atoms with Crippen LogP contribution >= 0.6 is 0 Å². The van der Waals surface area contributed by atoms with E-state index in [1.165, 1.54) is 12.1 Å². The summed E-state index contributed by atoms with van der Waals surface area (Å²) < 4.78 is 34.4. The molecule has 0 aliphatic carbocycles. The Morgan fingerprint density at radius 3 is 2.37 bits per heavy atom.